The summed E-state index contributed by atoms with van der Waals surface area (Å²) in [5.41, 5.74) is 2.25. The molecule has 8 heteroatoms. The third-order valence-corrected chi connectivity index (χ3v) is 6.90. The average Bonchev–Trinajstić information content (AvgIpc) is 3.20. The van der Waals surface area contributed by atoms with Gasteiger partial charge in [-0.2, -0.15) is 0 Å². The third kappa shape index (κ3) is 5.55. The monoisotopic (exact) mass is 524 g/mol. The Morgan fingerprint density at radius 1 is 0.921 bits per heavy atom. The normalized spacial score (nSPS) is 14.2. The lowest BCUT2D eigenvalue weighted by Gasteiger charge is -2.14. The van der Waals surface area contributed by atoms with E-state index >= 15 is 0 Å². The number of hydrogen-bond acceptors (Lipinski definition) is 6. The van der Waals surface area contributed by atoms with Crippen molar-refractivity contribution in [2.24, 2.45) is 0 Å². The van der Waals surface area contributed by atoms with Gasteiger partial charge in [-0.05, 0) is 64.5 Å². The van der Waals surface area contributed by atoms with Gasteiger partial charge in [0.25, 0.3) is 11.1 Å². The maximum absolute atomic E-state index is 13.2. The van der Waals surface area contributed by atoms with E-state index in [0.29, 0.717) is 29.4 Å². The summed E-state index contributed by atoms with van der Waals surface area (Å²) in [5.74, 6) is 0.249. The molecule has 0 aromatic heterocycles. The highest BCUT2D eigenvalue weighted by Gasteiger charge is 2.36. The van der Waals surface area contributed by atoms with Crippen LogP contribution in [-0.2, 0) is 16.2 Å². The van der Waals surface area contributed by atoms with Crippen molar-refractivity contribution in [2.75, 3.05) is 19.0 Å². The van der Waals surface area contributed by atoms with Crippen LogP contribution < -0.4 is 14.8 Å². The summed E-state index contributed by atoms with van der Waals surface area (Å²) in [6.45, 7) is -0.0338. The van der Waals surface area contributed by atoms with Crippen molar-refractivity contribution >= 4 is 51.4 Å². The quantitative estimate of drug-likeness (QED) is 0.280. The highest BCUT2D eigenvalue weighted by Crippen LogP contribution is 2.37. The minimum Gasteiger partial charge on any atom is -0.497 e. The fourth-order valence-corrected chi connectivity index (χ4v) is 4.89. The van der Waals surface area contributed by atoms with Crippen LogP contribution in [0.3, 0.4) is 0 Å². The van der Waals surface area contributed by atoms with Crippen LogP contribution in [0.15, 0.2) is 95.9 Å². The Balaban J connectivity index is 1.37. The summed E-state index contributed by atoms with van der Waals surface area (Å²) in [6, 6.07) is 28.2. The molecule has 7 nitrogen and oxygen atoms in total. The smallest absolute Gasteiger partial charge is 0.294 e. The number of carbonyl (C=O) groups is 3. The van der Waals surface area contributed by atoms with E-state index in [9.17, 15) is 14.4 Å². The maximum Gasteiger partial charge on any atom is 0.294 e. The molecule has 1 heterocycles. The Morgan fingerprint density at radius 3 is 2.42 bits per heavy atom. The predicted molar refractivity (Wildman–Crippen MR) is 149 cm³/mol. The van der Waals surface area contributed by atoms with Crippen molar-refractivity contribution in [3.63, 3.8) is 0 Å². The molecule has 1 aliphatic rings. The summed E-state index contributed by atoms with van der Waals surface area (Å²) < 4.78 is 11.3. The van der Waals surface area contributed by atoms with Crippen molar-refractivity contribution in [1.82, 2.24) is 4.90 Å². The number of benzene rings is 4. The van der Waals surface area contributed by atoms with Crippen LogP contribution in [0.4, 0.5) is 10.5 Å². The molecule has 1 N–H and O–H groups in total. The number of fused-ring (bicyclic) bond motifs is 1. The molecule has 190 valence electrons. The molecule has 4 aromatic carbocycles. The van der Waals surface area contributed by atoms with Crippen LogP contribution in [0, 0.1) is 0 Å². The Labute approximate surface area is 224 Å². The van der Waals surface area contributed by atoms with Crippen molar-refractivity contribution in [1.29, 1.82) is 0 Å². The Hall–Kier alpha value is -4.56. The standard InChI is InChI=1S/C30H24N2O5S/c1-36-23-14-12-22(13-15-23)31-28(33)18-32-29(34)27(38-30(32)35)17-25-24-10-6-5-9-21(24)11-16-26(25)37-19-20-7-3-2-4-8-20/h2-17H,18-19H2,1H3,(H,31,33)/b27-17+. The average molecular weight is 525 g/mol. The number of imide groups is 1. The first-order valence-electron chi connectivity index (χ1n) is 11.9. The number of thioether (sulfide) groups is 1. The number of methoxy groups -OCH3 is 1. The zero-order valence-electron chi connectivity index (χ0n) is 20.5. The minimum atomic E-state index is -0.521. The molecule has 0 aliphatic carbocycles. The largest absolute Gasteiger partial charge is 0.497 e. The van der Waals surface area contributed by atoms with Gasteiger partial charge in [-0.1, -0.05) is 60.7 Å². The van der Waals surface area contributed by atoms with E-state index < -0.39 is 17.1 Å². The van der Waals surface area contributed by atoms with Crippen LogP contribution in [-0.4, -0.2) is 35.6 Å². The number of amides is 3. The molecule has 0 bridgehead atoms. The molecule has 5 rings (SSSR count). The number of ether oxygens (including phenoxy) is 2. The topological polar surface area (TPSA) is 84.9 Å². The van der Waals surface area contributed by atoms with Crippen LogP contribution in [0.25, 0.3) is 16.8 Å². The maximum atomic E-state index is 13.2. The fourth-order valence-electron chi connectivity index (χ4n) is 4.07. The number of anilines is 1. The van der Waals surface area contributed by atoms with Gasteiger partial charge < -0.3 is 14.8 Å². The molecule has 0 spiro atoms. The molecule has 0 atom stereocenters. The Kier molecular flexibility index (Phi) is 7.42. The van der Waals surface area contributed by atoms with Crippen molar-refractivity contribution in [3.05, 3.63) is 107 Å². The fraction of sp³-hybridized carbons (Fsp3) is 0.100. The lowest BCUT2D eigenvalue weighted by atomic mass is 10.0. The van der Waals surface area contributed by atoms with E-state index in [0.717, 1.165) is 33.0 Å². The number of nitrogens with one attached hydrogen (secondary N) is 1. The summed E-state index contributed by atoms with van der Waals surface area (Å²) in [7, 11) is 1.55. The molecular formula is C30H24N2O5S. The van der Waals surface area contributed by atoms with Crippen molar-refractivity contribution in [3.8, 4) is 11.5 Å². The van der Waals surface area contributed by atoms with Gasteiger partial charge in [0.05, 0.1) is 12.0 Å². The van der Waals surface area contributed by atoms with E-state index in [1.54, 1.807) is 37.5 Å². The molecule has 1 saturated heterocycles. The zero-order valence-corrected chi connectivity index (χ0v) is 21.4. The summed E-state index contributed by atoms with van der Waals surface area (Å²) in [5, 5.41) is 4.07. The highest BCUT2D eigenvalue weighted by atomic mass is 32.2. The first-order chi connectivity index (χ1) is 18.5. The number of rotatable bonds is 8. The molecule has 0 saturated carbocycles. The van der Waals surface area contributed by atoms with E-state index in [1.807, 2.05) is 66.7 Å². The van der Waals surface area contributed by atoms with Crippen molar-refractivity contribution < 1.29 is 23.9 Å². The first kappa shape index (κ1) is 25.1. The first-order valence-corrected chi connectivity index (χ1v) is 12.7. The number of hydrogen-bond donors (Lipinski definition) is 1. The second kappa shape index (κ2) is 11.2. The van der Waals surface area contributed by atoms with E-state index in [4.69, 9.17) is 9.47 Å². The van der Waals surface area contributed by atoms with Gasteiger partial charge in [0.1, 0.15) is 24.7 Å². The zero-order chi connectivity index (χ0) is 26.5. The van der Waals surface area contributed by atoms with Gasteiger partial charge in [0.2, 0.25) is 5.91 Å². The van der Waals surface area contributed by atoms with Crippen LogP contribution >= 0.6 is 11.8 Å². The summed E-state index contributed by atoms with van der Waals surface area (Å²) in [4.78, 5) is 39.7. The molecule has 3 amide bonds. The Morgan fingerprint density at radius 2 is 1.66 bits per heavy atom. The summed E-state index contributed by atoms with van der Waals surface area (Å²) in [6.07, 6.45) is 1.68. The minimum absolute atomic E-state index is 0.230. The van der Waals surface area contributed by atoms with Gasteiger partial charge in [-0.25, -0.2) is 0 Å². The number of carbonyl (C=O) groups excluding carboxylic acids is 3. The van der Waals surface area contributed by atoms with Gasteiger partial charge in [0, 0.05) is 11.3 Å². The van der Waals surface area contributed by atoms with E-state index in [-0.39, 0.29) is 11.4 Å². The second-order valence-electron chi connectivity index (χ2n) is 8.52. The van der Waals surface area contributed by atoms with Gasteiger partial charge in [0.15, 0.2) is 0 Å². The van der Waals surface area contributed by atoms with E-state index in [1.165, 1.54) is 0 Å². The molecule has 1 aliphatic heterocycles. The van der Waals surface area contributed by atoms with Gasteiger partial charge in [-0.15, -0.1) is 0 Å². The Bertz CT molecular complexity index is 1530. The molecule has 1 fully saturated rings. The molecule has 0 unspecified atom stereocenters. The van der Waals surface area contributed by atoms with Crippen LogP contribution in [0.2, 0.25) is 0 Å². The predicted octanol–water partition coefficient (Wildman–Crippen LogP) is 6.10. The second-order valence-corrected chi connectivity index (χ2v) is 9.51. The lowest BCUT2D eigenvalue weighted by molar-refractivity contribution is -0.127. The molecular weight excluding hydrogens is 500 g/mol. The highest BCUT2D eigenvalue weighted by molar-refractivity contribution is 8.18. The SMILES string of the molecule is COc1ccc(NC(=O)CN2C(=O)S/C(=C/c3c(OCc4ccccc4)ccc4ccccc34)C2=O)cc1. The number of nitrogens with zero attached hydrogens (tertiary/aromatic N) is 1. The molecule has 0 radical (unpaired) electrons. The third-order valence-electron chi connectivity index (χ3n) is 5.99. The van der Waals surface area contributed by atoms with Crippen LogP contribution in [0.1, 0.15) is 11.1 Å². The summed E-state index contributed by atoms with van der Waals surface area (Å²) >= 11 is 0.808. The van der Waals surface area contributed by atoms with E-state index in [2.05, 4.69) is 5.32 Å². The van der Waals surface area contributed by atoms with Crippen molar-refractivity contribution in [2.45, 2.75) is 6.61 Å². The molecule has 38 heavy (non-hydrogen) atoms. The molecule has 4 aromatic rings. The lowest BCUT2D eigenvalue weighted by Crippen LogP contribution is -2.36. The van der Waals surface area contributed by atoms with Crippen LogP contribution in [0.5, 0.6) is 11.5 Å². The van der Waals surface area contributed by atoms with Gasteiger partial charge in [-0.3, -0.25) is 19.3 Å². The van der Waals surface area contributed by atoms with Gasteiger partial charge >= 0.3 is 0 Å².